The first-order valence-electron chi connectivity index (χ1n) is 4.73. The van der Waals surface area contributed by atoms with Crippen LogP contribution in [0.3, 0.4) is 0 Å². The number of nitro benzene ring substituents is 1. The van der Waals surface area contributed by atoms with Crippen LogP contribution >= 0.6 is 23.1 Å². The van der Waals surface area contributed by atoms with Crippen molar-refractivity contribution in [1.29, 1.82) is 0 Å². The average molecular weight is 267 g/mol. The van der Waals surface area contributed by atoms with Crippen molar-refractivity contribution in [2.75, 3.05) is 5.73 Å². The maximum absolute atomic E-state index is 10.8. The summed E-state index contributed by atoms with van der Waals surface area (Å²) in [7, 11) is 0. The molecule has 0 fully saturated rings. The number of nitrogen functional groups attached to an aromatic ring is 1. The number of nitro groups is 1. The summed E-state index contributed by atoms with van der Waals surface area (Å²) in [4.78, 5) is 14.4. The number of aromatic nitrogens is 1. The largest absolute Gasteiger partial charge is 0.375 e. The van der Waals surface area contributed by atoms with E-state index in [1.165, 1.54) is 29.2 Å². The first-order valence-corrected chi connectivity index (χ1v) is 6.53. The van der Waals surface area contributed by atoms with Gasteiger partial charge in [0.15, 0.2) is 5.13 Å². The van der Waals surface area contributed by atoms with Gasteiger partial charge in [0.2, 0.25) is 0 Å². The van der Waals surface area contributed by atoms with Gasteiger partial charge in [-0.1, -0.05) is 29.5 Å². The summed E-state index contributed by atoms with van der Waals surface area (Å²) >= 11 is 2.88. The molecule has 5 nitrogen and oxygen atoms in total. The molecule has 2 aromatic rings. The molecule has 0 amide bonds. The van der Waals surface area contributed by atoms with Crippen molar-refractivity contribution >= 4 is 33.9 Å². The maximum atomic E-state index is 10.8. The number of hydrogen-bond donors (Lipinski definition) is 1. The summed E-state index contributed by atoms with van der Waals surface area (Å²) < 4.78 is 0.959. The number of nitrogens with two attached hydrogens (primary N) is 1. The van der Waals surface area contributed by atoms with Gasteiger partial charge in [-0.15, -0.1) is 11.8 Å². The Bertz CT molecular complexity index is 542. The lowest BCUT2D eigenvalue weighted by Gasteiger charge is -2.00. The van der Waals surface area contributed by atoms with Gasteiger partial charge in [0, 0.05) is 17.4 Å². The van der Waals surface area contributed by atoms with Gasteiger partial charge in [-0.25, -0.2) is 4.98 Å². The molecule has 0 aliphatic heterocycles. The monoisotopic (exact) mass is 267 g/mol. The second kappa shape index (κ2) is 5.15. The van der Waals surface area contributed by atoms with Gasteiger partial charge in [0.05, 0.1) is 15.3 Å². The quantitative estimate of drug-likeness (QED) is 0.523. The predicted molar refractivity (Wildman–Crippen MR) is 69.2 cm³/mol. The molecule has 0 radical (unpaired) electrons. The van der Waals surface area contributed by atoms with E-state index in [-0.39, 0.29) is 10.6 Å². The van der Waals surface area contributed by atoms with Crippen LogP contribution in [0.4, 0.5) is 10.8 Å². The summed E-state index contributed by atoms with van der Waals surface area (Å²) in [6.45, 7) is 0. The summed E-state index contributed by atoms with van der Waals surface area (Å²) in [6.07, 6.45) is 1.68. The van der Waals surface area contributed by atoms with Crippen molar-refractivity contribution in [3.63, 3.8) is 0 Å². The Balaban J connectivity index is 2.11. The second-order valence-corrected chi connectivity index (χ2v) is 5.53. The van der Waals surface area contributed by atoms with Gasteiger partial charge in [-0.05, 0) is 0 Å². The molecule has 0 aliphatic rings. The lowest BCUT2D eigenvalue weighted by atomic mass is 10.2. The number of benzene rings is 1. The van der Waals surface area contributed by atoms with E-state index in [1.807, 2.05) is 0 Å². The molecular formula is C10H9N3O2S2. The van der Waals surface area contributed by atoms with Crippen LogP contribution in [-0.2, 0) is 5.75 Å². The van der Waals surface area contributed by atoms with Gasteiger partial charge in [0.25, 0.3) is 5.69 Å². The topological polar surface area (TPSA) is 82.0 Å². The fourth-order valence-electron chi connectivity index (χ4n) is 1.30. The highest BCUT2D eigenvalue weighted by molar-refractivity contribution is 8.00. The predicted octanol–water partition coefficient (Wildman–Crippen LogP) is 2.93. The molecule has 1 aromatic carbocycles. The molecule has 0 unspecified atom stereocenters. The highest BCUT2D eigenvalue weighted by Crippen LogP contribution is 2.31. The Labute approximate surface area is 106 Å². The zero-order valence-electron chi connectivity index (χ0n) is 8.70. The van der Waals surface area contributed by atoms with Gasteiger partial charge in [0.1, 0.15) is 0 Å². The second-order valence-electron chi connectivity index (χ2n) is 3.19. The van der Waals surface area contributed by atoms with E-state index in [0.29, 0.717) is 16.4 Å². The molecule has 0 bridgehead atoms. The van der Waals surface area contributed by atoms with Gasteiger partial charge in [-0.2, -0.15) is 0 Å². The van der Waals surface area contributed by atoms with E-state index >= 15 is 0 Å². The number of para-hydroxylation sites is 1. The van der Waals surface area contributed by atoms with Gasteiger partial charge >= 0.3 is 0 Å². The van der Waals surface area contributed by atoms with E-state index in [0.717, 1.165) is 4.21 Å². The number of nitrogens with zero attached hydrogens (tertiary/aromatic N) is 2. The first-order chi connectivity index (χ1) is 8.16. The smallest absolute Gasteiger partial charge is 0.273 e. The molecule has 88 valence electrons. The average Bonchev–Trinajstić information content (AvgIpc) is 2.73. The summed E-state index contributed by atoms with van der Waals surface area (Å²) in [5, 5.41) is 11.3. The van der Waals surface area contributed by atoms with Crippen LogP contribution in [0.15, 0.2) is 34.7 Å². The molecule has 2 N–H and O–H groups in total. The molecule has 0 saturated carbocycles. The fraction of sp³-hybridized carbons (Fsp3) is 0.100. The van der Waals surface area contributed by atoms with Crippen molar-refractivity contribution in [1.82, 2.24) is 4.98 Å². The fourth-order valence-corrected chi connectivity index (χ4v) is 3.05. The number of thioether (sulfide) groups is 1. The highest BCUT2D eigenvalue weighted by Gasteiger charge is 2.12. The maximum Gasteiger partial charge on any atom is 0.273 e. The number of thiazole rings is 1. The van der Waals surface area contributed by atoms with Gasteiger partial charge < -0.3 is 5.73 Å². The van der Waals surface area contributed by atoms with Crippen molar-refractivity contribution in [2.45, 2.75) is 9.96 Å². The van der Waals surface area contributed by atoms with Crippen LogP contribution in [0, 0.1) is 10.1 Å². The molecule has 0 spiro atoms. The Kier molecular flexibility index (Phi) is 3.60. The SMILES string of the molecule is Nc1ncc(SCc2ccccc2[N+](=O)[O-])s1. The summed E-state index contributed by atoms with van der Waals surface area (Å²) in [5.74, 6) is 0.540. The number of hydrogen-bond acceptors (Lipinski definition) is 6. The minimum atomic E-state index is -0.364. The van der Waals surface area contributed by atoms with E-state index in [4.69, 9.17) is 5.73 Å². The standard InChI is InChI=1S/C10H9N3O2S2/c11-10-12-5-9(17-10)16-6-7-3-1-2-4-8(7)13(14)15/h1-5H,6H2,(H2,11,12). The third-order valence-electron chi connectivity index (χ3n) is 2.06. The molecule has 2 rings (SSSR count). The molecule has 1 aromatic heterocycles. The number of anilines is 1. The van der Waals surface area contributed by atoms with Crippen molar-refractivity contribution in [2.24, 2.45) is 0 Å². The zero-order valence-corrected chi connectivity index (χ0v) is 10.3. The van der Waals surface area contributed by atoms with E-state index in [9.17, 15) is 10.1 Å². The van der Waals surface area contributed by atoms with Crippen LogP contribution in [0.5, 0.6) is 0 Å². The molecule has 7 heteroatoms. The normalized spacial score (nSPS) is 10.4. The third kappa shape index (κ3) is 2.95. The summed E-state index contributed by atoms with van der Waals surface area (Å²) in [5.41, 5.74) is 6.37. The molecule has 0 atom stereocenters. The minimum Gasteiger partial charge on any atom is -0.375 e. The van der Waals surface area contributed by atoms with E-state index in [2.05, 4.69) is 4.98 Å². The van der Waals surface area contributed by atoms with Crippen molar-refractivity contribution < 1.29 is 4.92 Å². The highest BCUT2D eigenvalue weighted by atomic mass is 32.2. The van der Waals surface area contributed by atoms with E-state index in [1.54, 1.807) is 24.4 Å². The van der Waals surface area contributed by atoms with Crippen LogP contribution < -0.4 is 5.73 Å². The zero-order chi connectivity index (χ0) is 12.3. The lowest BCUT2D eigenvalue weighted by Crippen LogP contribution is -1.93. The first kappa shape index (κ1) is 11.9. The Morgan fingerprint density at radius 3 is 2.88 bits per heavy atom. The molecule has 0 aliphatic carbocycles. The third-order valence-corrected chi connectivity index (χ3v) is 4.13. The van der Waals surface area contributed by atoms with Crippen LogP contribution in [-0.4, -0.2) is 9.91 Å². The van der Waals surface area contributed by atoms with Gasteiger partial charge in [-0.3, -0.25) is 10.1 Å². The molecular weight excluding hydrogens is 258 g/mol. The molecule has 0 saturated heterocycles. The van der Waals surface area contributed by atoms with Crippen molar-refractivity contribution in [3.05, 3.63) is 46.1 Å². The molecule has 17 heavy (non-hydrogen) atoms. The number of rotatable bonds is 4. The summed E-state index contributed by atoms with van der Waals surface area (Å²) in [6, 6.07) is 6.73. The van der Waals surface area contributed by atoms with Crippen LogP contribution in [0.25, 0.3) is 0 Å². The van der Waals surface area contributed by atoms with E-state index < -0.39 is 0 Å². The Hall–Kier alpha value is -1.60. The van der Waals surface area contributed by atoms with Crippen molar-refractivity contribution in [3.8, 4) is 0 Å². The van der Waals surface area contributed by atoms with Crippen LogP contribution in [0.1, 0.15) is 5.56 Å². The molecule has 1 heterocycles. The minimum absolute atomic E-state index is 0.150. The van der Waals surface area contributed by atoms with Crippen LogP contribution in [0.2, 0.25) is 0 Å². The Morgan fingerprint density at radius 2 is 2.24 bits per heavy atom. The lowest BCUT2D eigenvalue weighted by molar-refractivity contribution is -0.385. The Morgan fingerprint density at radius 1 is 1.47 bits per heavy atom.